The number of ether oxygens (including phenoxy) is 3. The number of nitrogens with zero attached hydrogens (tertiary/aromatic N) is 5. The second-order valence-electron chi connectivity index (χ2n) is 15.0. The molecular weight excluding hydrogens is 806 g/mol. The van der Waals surface area contributed by atoms with Crippen LogP contribution in [0.2, 0.25) is 0 Å². The smallest absolute Gasteiger partial charge is 0.274 e. The molecular formula is C39H62N6O10P2S. The Balaban J connectivity index is 1.23. The molecule has 1 saturated heterocycles. The van der Waals surface area contributed by atoms with Gasteiger partial charge in [0, 0.05) is 25.3 Å². The Labute approximate surface area is 345 Å². The zero-order chi connectivity index (χ0) is 42.0. The minimum Gasteiger partial charge on any atom is -0.387 e. The summed E-state index contributed by atoms with van der Waals surface area (Å²) >= 11 is 0. The number of hydrogen-bond acceptors (Lipinski definition) is 14. The highest BCUT2D eigenvalue weighted by molar-refractivity contribution is 7.90. The number of nitrogens with two attached hydrogens (primary N) is 1. The number of unbranched alkanes of at least 4 members (excludes halogenated alkanes) is 14. The Morgan fingerprint density at radius 1 is 1.00 bits per heavy atom. The van der Waals surface area contributed by atoms with Crippen LogP contribution < -0.4 is 5.73 Å². The molecule has 0 saturated carbocycles. The minimum absolute atomic E-state index is 0.00657. The van der Waals surface area contributed by atoms with E-state index in [0.717, 1.165) is 25.5 Å². The molecule has 1 aliphatic heterocycles. The van der Waals surface area contributed by atoms with Crippen molar-refractivity contribution in [3.63, 3.8) is 0 Å². The van der Waals surface area contributed by atoms with Gasteiger partial charge in [-0.05, 0) is 38.7 Å². The Morgan fingerprint density at radius 3 is 2.26 bits per heavy atom. The maximum absolute atomic E-state index is 12.1. The van der Waals surface area contributed by atoms with Gasteiger partial charge in [0.25, 0.3) is 7.23 Å². The lowest BCUT2D eigenvalue weighted by molar-refractivity contribution is -0.0660. The fourth-order valence-corrected chi connectivity index (χ4v) is 8.70. The number of aliphatic hydroxyl groups is 2. The fraction of sp³-hybridized carbons (Fsp3) is 0.692. The van der Waals surface area contributed by atoms with Crippen LogP contribution in [0.5, 0.6) is 0 Å². The lowest BCUT2D eigenvalue weighted by atomic mass is 9.92. The predicted octanol–water partition coefficient (Wildman–Crippen LogP) is 6.27. The average Bonchev–Trinajstić information content (AvgIpc) is 3.75. The van der Waals surface area contributed by atoms with Crippen LogP contribution in [0.15, 0.2) is 41.8 Å². The van der Waals surface area contributed by atoms with Gasteiger partial charge in [-0.15, -0.1) is 0 Å². The summed E-state index contributed by atoms with van der Waals surface area (Å²) in [4.78, 5) is 19.1. The highest BCUT2D eigenvalue weighted by Crippen LogP contribution is 2.51. The average molecular weight is 869 g/mol. The van der Waals surface area contributed by atoms with E-state index in [1.807, 2.05) is 6.07 Å². The third kappa shape index (κ3) is 14.6. The standard InChI is InChI=1S/C39H62N6O10P2S/c1-3-4-5-6-7-8-9-10-11-12-13-14-15-16-17-20-51-25-31(52-24-30-21-32(23-42-22-30)58(2,49)50)26-53-57(48,56)54-27-34-36(46)37(47)39(28-40,55-34)35-19-18-33-38(41)43-29-44-45(33)35/h18-19,21-23,29,31,34,36-37,46-48,56H,3-17,20,24-27H2,1-2H3,(H2,41,43,44)/t31-,34-,36-,37-,39+,57?/m1/s1. The van der Waals surface area contributed by atoms with Crippen molar-refractivity contribution < 1.29 is 46.8 Å². The molecule has 1 aliphatic rings. The molecule has 4 rings (SSSR count). The van der Waals surface area contributed by atoms with Gasteiger partial charge in [0.15, 0.2) is 15.7 Å². The van der Waals surface area contributed by atoms with Crippen molar-refractivity contribution >= 4 is 36.9 Å². The van der Waals surface area contributed by atoms with Crippen molar-refractivity contribution in [3.05, 3.63) is 48.2 Å². The lowest BCUT2D eigenvalue weighted by Gasteiger charge is -2.25. The van der Waals surface area contributed by atoms with Gasteiger partial charge in [-0.1, -0.05) is 96.8 Å². The van der Waals surface area contributed by atoms with Crippen molar-refractivity contribution in [1.82, 2.24) is 19.6 Å². The van der Waals surface area contributed by atoms with Crippen molar-refractivity contribution in [2.24, 2.45) is 0 Å². The molecule has 0 radical (unpaired) electrons. The number of nitriles is 1. The Kier molecular flexibility index (Phi) is 19.9. The largest absolute Gasteiger partial charge is 0.387 e. The predicted molar refractivity (Wildman–Crippen MR) is 223 cm³/mol. The molecule has 3 aromatic rings. The number of sulfone groups is 1. The SMILES string of the molecule is CCCCCCCCCCCCCCCCCOC[C@H](COP(O)(=P)OC[C@H]1O[C@@](C#N)(c2ccc3c(N)ncnn23)[C@H](O)[C@@H]1O)OCc1cncc(S(C)(=O)=O)c1. The molecule has 19 heteroatoms. The van der Waals surface area contributed by atoms with Crippen LogP contribution in [0.4, 0.5) is 5.82 Å². The fourth-order valence-electron chi connectivity index (χ4n) is 6.84. The molecule has 58 heavy (non-hydrogen) atoms. The number of aliphatic hydroxyl groups excluding tert-OH is 2. The topological polar surface area (TPSA) is 234 Å². The van der Waals surface area contributed by atoms with E-state index in [1.165, 1.54) is 112 Å². The highest BCUT2D eigenvalue weighted by Gasteiger charge is 2.57. The van der Waals surface area contributed by atoms with E-state index in [4.69, 9.17) is 29.0 Å². The van der Waals surface area contributed by atoms with E-state index in [9.17, 15) is 28.8 Å². The summed E-state index contributed by atoms with van der Waals surface area (Å²) in [5.74, 6) is 0.144. The van der Waals surface area contributed by atoms with E-state index in [1.54, 1.807) is 6.07 Å². The monoisotopic (exact) mass is 868 g/mol. The van der Waals surface area contributed by atoms with E-state index in [2.05, 4.69) is 30.5 Å². The lowest BCUT2D eigenvalue weighted by Crippen LogP contribution is -2.41. The normalized spacial score (nSPS) is 21.3. The van der Waals surface area contributed by atoms with Gasteiger partial charge >= 0.3 is 0 Å². The molecule has 6 atom stereocenters. The van der Waals surface area contributed by atoms with Crippen LogP contribution >= 0.6 is 15.8 Å². The first-order valence-corrected chi connectivity index (χ1v) is 25.2. The number of nitrogen functional groups attached to an aromatic ring is 1. The van der Waals surface area contributed by atoms with E-state index in [0.29, 0.717) is 17.7 Å². The van der Waals surface area contributed by atoms with Gasteiger partial charge in [0.1, 0.15) is 42.3 Å². The van der Waals surface area contributed by atoms with Gasteiger partial charge < -0.3 is 44.1 Å². The summed E-state index contributed by atoms with van der Waals surface area (Å²) in [7, 11) is -4.08. The summed E-state index contributed by atoms with van der Waals surface area (Å²) in [5.41, 5.74) is 4.90. The van der Waals surface area contributed by atoms with Crippen molar-refractivity contribution in [1.29, 1.82) is 5.26 Å². The molecule has 5 N–H and O–H groups in total. The molecule has 0 amide bonds. The highest BCUT2D eigenvalue weighted by atomic mass is 32.2. The van der Waals surface area contributed by atoms with Crippen LogP contribution in [0.3, 0.4) is 0 Å². The number of rotatable bonds is 29. The summed E-state index contributed by atoms with van der Waals surface area (Å²) in [5, 5.41) is 36.3. The summed E-state index contributed by atoms with van der Waals surface area (Å²) < 4.78 is 54.7. The van der Waals surface area contributed by atoms with Crippen LogP contribution in [0.1, 0.15) is 114 Å². The quantitative estimate of drug-likeness (QED) is 0.0445. The summed E-state index contributed by atoms with van der Waals surface area (Å²) in [6.07, 6.45) is 18.7. The first-order valence-electron chi connectivity index (χ1n) is 20.3. The van der Waals surface area contributed by atoms with Gasteiger partial charge in [0.2, 0.25) is 5.60 Å². The molecule has 0 aliphatic carbocycles. The number of hydrogen-bond donors (Lipinski definition) is 4. The van der Waals surface area contributed by atoms with Crippen LogP contribution in [0, 0.1) is 11.3 Å². The van der Waals surface area contributed by atoms with Crippen LogP contribution in [-0.4, -0.2) is 100 Å². The molecule has 3 aromatic heterocycles. The van der Waals surface area contributed by atoms with E-state index < -0.39 is 53.7 Å². The maximum Gasteiger partial charge on any atom is 0.274 e. The first-order chi connectivity index (χ1) is 27.8. The zero-order valence-electron chi connectivity index (χ0n) is 33.8. The third-order valence-corrected chi connectivity index (χ3v) is 13.1. The van der Waals surface area contributed by atoms with Crippen LogP contribution in [-0.2, 0) is 45.3 Å². The maximum atomic E-state index is 12.1. The molecule has 1 unspecified atom stereocenters. The number of anilines is 1. The van der Waals surface area contributed by atoms with Gasteiger partial charge in [-0.2, -0.15) is 10.4 Å². The van der Waals surface area contributed by atoms with Crippen molar-refractivity contribution in [2.75, 3.05) is 38.4 Å². The minimum atomic E-state index is -3.77. The second kappa shape index (κ2) is 24.0. The van der Waals surface area contributed by atoms with Gasteiger partial charge in [-0.25, -0.2) is 17.9 Å². The summed E-state index contributed by atoms with van der Waals surface area (Å²) in [6.45, 7) is 2.20. The Hall–Kier alpha value is -2.58. The third-order valence-electron chi connectivity index (χ3n) is 10.2. The molecule has 1 fully saturated rings. The zero-order valence-corrected chi connectivity index (χ0v) is 36.5. The second-order valence-corrected chi connectivity index (χ2v) is 20.2. The number of aromatic nitrogens is 4. The molecule has 324 valence electrons. The number of pyridine rings is 1. The van der Waals surface area contributed by atoms with E-state index >= 15 is 0 Å². The van der Waals surface area contributed by atoms with Crippen molar-refractivity contribution in [2.45, 2.75) is 145 Å². The molecule has 0 aromatic carbocycles. The summed E-state index contributed by atoms with van der Waals surface area (Å²) in [6, 6.07) is 6.50. The Bertz CT molecular complexity index is 1900. The molecule has 4 heterocycles. The molecule has 16 nitrogen and oxygen atoms in total. The Morgan fingerprint density at radius 2 is 1.64 bits per heavy atom. The van der Waals surface area contributed by atoms with Gasteiger partial charge in [-0.3, -0.25) is 4.98 Å². The van der Waals surface area contributed by atoms with Crippen molar-refractivity contribution in [3.8, 4) is 6.07 Å². The van der Waals surface area contributed by atoms with E-state index in [-0.39, 0.29) is 36.2 Å². The first kappa shape index (κ1) is 48.1. The molecule has 0 bridgehead atoms. The molecule has 0 spiro atoms. The number of fused-ring (bicyclic) bond motifs is 1. The van der Waals surface area contributed by atoms with Gasteiger partial charge in [0.05, 0.1) is 37.0 Å². The van der Waals surface area contributed by atoms with Crippen LogP contribution in [0.25, 0.3) is 5.52 Å².